The van der Waals surface area contributed by atoms with Crippen LogP contribution in [0.5, 0.6) is 5.75 Å². The van der Waals surface area contributed by atoms with Gasteiger partial charge in [0, 0.05) is 29.4 Å². The lowest BCUT2D eigenvalue weighted by Crippen LogP contribution is -2.25. The highest BCUT2D eigenvalue weighted by molar-refractivity contribution is 5.94. The van der Waals surface area contributed by atoms with E-state index in [-0.39, 0.29) is 25.0 Å². The first-order chi connectivity index (χ1) is 16.2. The van der Waals surface area contributed by atoms with Crippen molar-refractivity contribution in [1.29, 1.82) is 0 Å². The molecule has 1 aromatic heterocycles. The van der Waals surface area contributed by atoms with Crippen molar-refractivity contribution in [1.82, 2.24) is 10.3 Å². The van der Waals surface area contributed by atoms with Gasteiger partial charge in [-0.25, -0.2) is 0 Å². The molecule has 2 N–H and O–H groups in total. The molecular weight excluding hydrogens is 449 g/mol. The fourth-order valence-electron chi connectivity index (χ4n) is 3.22. The smallest absolute Gasteiger partial charge is 0.416 e. The topological polar surface area (TPSA) is 88.5 Å². The van der Waals surface area contributed by atoms with Crippen molar-refractivity contribution in [3.05, 3.63) is 83.6 Å². The van der Waals surface area contributed by atoms with Gasteiger partial charge >= 0.3 is 12.1 Å². The number of carboxylic acid groups (broad SMARTS) is 1. The van der Waals surface area contributed by atoms with Crippen molar-refractivity contribution in [2.24, 2.45) is 0 Å². The van der Waals surface area contributed by atoms with E-state index in [4.69, 9.17) is 9.84 Å². The Hall–Kier alpha value is -3.88. The monoisotopic (exact) mass is 472 g/mol. The van der Waals surface area contributed by atoms with Crippen LogP contribution in [0.1, 0.15) is 47.4 Å². The van der Waals surface area contributed by atoms with E-state index in [2.05, 4.69) is 10.3 Å². The Labute approximate surface area is 194 Å². The van der Waals surface area contributed by atoms with Crippen molar-refractivity contribution < 1.29 is 32.6 Å². The molecule has 9 heteroatoms. The number of alkyl halides is 3. The summed E-state index contributed by atoms with van der Waals surface area (Å²) in [7, 11) is 0. The molecule has 0 saturated carbocycles. The number of carbonyl (C=O) groups is 2. The fourth-order valence-corrected chi connectivity index (χ4v) is 3.22. The summed E-state index contributed by atoms with van der Waals surface area (Å²) in [6.07, 6.45) is -2.59. The zero-order valence-corrected chi connectivity index (χ0v) is 18.3. The molecule has 1 heterocycles. The van der Waals surface area contributed by atoms with Crippen LogP contribution >= 0.6 is 0 Å². The van der Waals surface area contributed by atoms with Crippen molar-refractivity contribution in [2.75, 3.05) is 6.54 Å². The van der Waals surface area contributed by atoms with E-state index in [0.717, 1.165) is 17.7 Å². The molecule has 0 fully saturated rings. The fraction of sp³-hybridized carbons (Fsp3) is 0.240. The zero-order valence-electron chi connectivity index (χ0n) is 18.3. The maximum Gasteiger partial charge on any atom is 0.416 e. The number of rotatable bonds is 9. The van der Waals surface area contributed by atoms with E-state index >= 15 is 0 Å². The van der Waals surface area contributed by atoms with Gasteiger partial charge < -0.3 is 15.2 Å². The predicted molar refractivity (Wildman–Crippen MR) is 119 cm³/mol. The minimum atomic E-state index is -4.39. The first kappa shape index (κ1) is 24.8. The number of nitrogens with zero attached hydrogens (tertiary/aromatic N) is 1. The molecule has 1 amide bonds. The Bertz CT molecular complexity index is 1110. The molecule has 0 saturated heterocycles. The third kappa shape index (κ3) is 6.57. The van der Waals surface area contributed by atoms with Crippen LogP contribution in [0.2, 0.25) is 0 Å². The summed E-state index contributed by atoms with van der Waals surface area (Å²) >= 11 is 0. The summed E-state index contributed by atoms with van der Waals surface area (Å²) in [5.74, 6) is -0.819. The average Bonchev–Trinajstić information content (AvgIpc) is 2.82. The molecular formula is C25H23F3N2O4. The maximum absolute atomic E-state index is 12.8. The molecule has 0 aliphatic heterocycles. The first-order valence-electron chi connectivity index (χ1n) is 10.6. The summed E-state index contributed by atoms with van der Waals surface area (Å²) in [6.45, 7) is 1.98. The minimum absolute atomic E-state index is 0.0415. The van der Waals surface area contributed by atoms with Crippen LogP contribution in [0, 0.1) is 0 Å². The molecule has 6 nitrogen and oxygen atoms in total. The average molecular weight is 472 g/mol. The van der Waals surface area contributed by atoms with E-state index in [1.807, 2.05) is 13.0 Å². The van der Waals surface area contributed by atoms with E-state index in [9.17, 15) is 22.8 Å². The van der Waals surface area contributed by atoms with Gasteiger partial charge in [0.25, 0.3) is 5.91 Å². The van der Waals surface area contributed by atoms with Gasteiger partial charge in [-0.15, -0.1) is 0 Å². The van der Waals surface area contributed by atoms with Crippen LogP contribution in [-0.4, -0.2) is 28.5 Å². The number of nitrogens with one attached hydrogen (secondary N) is 1. The zero-order chi connectivity index (χ0) is 24.7. The van der Waals surface area contributed by atoms with E-state index in [0.29, 0.717) is 29.0 Å². The molecule has 3 aromatic rings. The van der Waals surface area contributed by atoms with Gasteiger partial charge in [0.1, 0.15) is 11.9 Å². The van der Waals surface area contributed by atoms with Crippen molar-refractivity contribution in [3.63, 3.8) is 0 Å². The lowest BCUT2D eigenvalue weighted by atomic mass is 10.1. The number of amides is 1. The van der Waals surface area contributed by atoms with E-state index in [1.165, 1.54) is 12.1 Å². The maximum atomic E-state index is 12.8. The van der Waals surface area contributed by atoms with Gasteiger partial charge in [-0.3, -0.25) is 14.6 Å². The Morgan fingerprint density at radius 2 is 1.71 bits per heavy atom. The number of carbonyl (C=O) groups excluding carboxylic acids is 1. The summed E-state index contributed by atoms with van der Waals surface area (Å²) in [6, 6.07) is 14.9. The number of benzene rings is 2. The van der Waals surface area contributed by atoms with E-state index in [1.54, 1.807) is 36.5 Å². The lowest BCUT2D eigenvalue weighted by Gasteiger charge is -2.18. The Morgan fingerprint density at radius 3 is 2.24 bits per heavy atom. The number of hydrogen-bond acceptors (Lipinski definition) is 4. The van der Waals surface area contributed by atoms with Crippen molar-refractivity contribution in [2.45, 2.75) is 32.0 Å². The summed E-state index contributed by atoms with van der Waals surface area (Å²) in [5, 5.41) is 11.2. The Balaban J connectivity index is 1.64. The Kier molecular flexibility index (Phi) is 7.88. The third-order valence-corrected chi connectivity index (χ3v) is 5.06. The van der Waals surface area contributed by atoms with Crippen molar-refractivity contribution >= 4 is 11.9 Å². The van der Waals surface area contributed by atoms with Crippen LogP contribution in [0.4, 0.5) is 13.2 Å². The van der Waals surface area contributed by atoms with Gasteiger partial charge in [-0.2, -0.15) is 13.2 Å². The number of hydrogen-bond donors (Lipinski definition) is 2. The number of carboxylic acids is 1. The van der Waals surface area contributed by atoms with Gasteiger partial charge in [-0.05, 0) is 48.9 Å². The second kappa shape index (κ2) is 10.8. The normalized spacial score (nSPS) is 12.1. The molecule has 0 aliphatic rings. The lowest BCUT2D eigenvalue weighted by molar-refractivity contribution is -0.138. The largest absolute Gasteiger partial charge is 0.486 e. The molecule has 2 aromatic carbocycles. The second-order valence-corrected chi connectivity index (χ2v) is 7.49. The second-order valence-electron chi connectivity index (χ2n) is 7.49. The number of pyridine rings is 1. The molecule has 0 aliphatic carbocycles. The molecule has 178 valence electrons. The van der Waals surface area contributed by atoms with Crippen LogP contribution in [0.25, 0.3) is 11.3 Å². The molecule has 3 rings (SSSR count). The molecule has 0 bridgehead atoms. The number of aliphatic carboxylic acids is 1. The quantitative estimate of drug-likeness (QED) is 0.429. The summed E-state index contributed by atoms with van der Waals surface area (Å²) in [5.41, 5.74) is 1.59. The van der Waals surface area contributed by atoms with Crippen LogP contribution in [0.15, 0.2) is 66.9 Å². The molecule has 34 heavy (non-hydrogen) atoms. The van der Waals surface area contributed by atoms with Crippen LogP contribution in [-0.2, 0) is 11.0 Å². The van der Waals surface area contributed by atoms with Crippen LogP contribution in [0.3, 0.4) is 0 Å². The van der Waals surface area contributed by atoms with Crippen molar-refractivity contribution in [3.8, 4) is 17.0 Å². The highest BCUT2D eigenvalue weighted by Gasteiger charge is 2.30. The standard InChI is InChI=1S/C25H23F3N2O4/c1-2-22(34-20-10-5-17(6-11-20)24(33)29-14-13-23(31)32)18-7-12-21(30-15-18)16-3-8-19(9-4-16)25(26,27)28/h3-12,15,22H,2,13-14H2,1H3,(H,29,33)(H,31,32)/t22-/m0/s1. The number of aromatic nitrogens is 1. The predicted octanol–water partition coefficient (Wildman–Crippen LogP) is 5.50. The SMILES string of the molecule is CC[C@H](Oc1ccc(C(=O)NCCC(=O)O)cc1)c1ccc(-c2ccc(C(F)(F)F)cc2)nc1. The minimum Gasteiger partial charge on any atom is -0.486 e. The van der Waals surface area contributed by atoms with Crippen LogP contribution < -0.4 is 10.1 Å². The molecule has 1 atom stereocenters. The summed E-state index contributed by atoms with van der Waals surface area (Å²) < 4.78 is 44.3. The molecule has 0 spiro atoms. The highest BCUT2D eigenvalue weighted by Crippen LogP contribution is 2.31. The summed E-state index contributed by atoms with van der Waals surface area (Å²) in [4.78, 5) is 27.0. The van der Waals surface area contributed by atoms with Gasteiger partial charge in [0.2, 0.25) is 0 Å². The Morgan fingerprint density at radius 1 is 1.03 bits per heavy atom. The van der Waals surface area contributed by atoms with Gasteiger partial charge in [-0.1, -0.05) is 25.1 Å². The first-order valence-corrected chi connectivity index (χ1v) is 10.6. The number of ether oxygens (including phenoxy) is 1. The highest BCUT2D eigenvalue weighted by atomic mass is 19.4. The van der Waals surface area contributed by atoms with Gasteiger partial charge in [0.15, 0.2) is 0 Å². The van der Waals surface area contributed by atoms with E-state index < -0.39 is 17.7 Å². The number of halogens is 3. The van der Waals surface area contributed by atoms with Gasteiger partial charge in [0.05, 0.1) is 17.7 Å². The third-order valence-electron chi connectivity index (χ3n) is 5.06. The molecule has 0 radical (unpaired) electrons. The molecule has 0 unspecified atom stereocenters.